The molecule has 1 aliphatic carbocycles. The van der Waals surface area contributed by atoms with Crippen LogP contribution in [0, 0.1) is 29.0 Å². The number of amides is 2. The maximum Gasteiger partial charge on any atom is 0.411 e. The average molecular weight is 568 g/mol. The summed E-state index contributed by atoms with van der Waals surface area (Å²) in [4.78, 5) is 32.8. The van der Waals surface area contributed by atoms with Gasteiger partial charge in [-0.25, -0.2) is 9.18 Å². The van der Waals surface area contributed by atoms with E-state index in [1.165, 1.54) is 0 Å². The SMILES string of the molecule is CC(C)(C)OC(=O)N1[C@@H]2CC[C@@H](C2)[C@H]1C(=O)N[C@H](C#N)Cc1ccc(N2CC3CCN(C4CCOC4)C3C2)cc1F. The van der Waals surface area contributed by atoms with Crippen molar-refractivity contribution < 1.29 is 23.5 Å². The molecule has 4 saturated heterocycles. The first-order valence-corrected chi connectivity index (χ1v) is 15.2. The van der Waals surface area contributed by atoms with Gasteiger partial charge in [0, 0.05) is 49.9 Å². The van der Waals surface area contributed by atoms with Crippen molar-refractivity contribution >= 4 is 17.7 Å². The maximum atomic E-state index is 15.4. The van der Waals surface area contributed by atoms with Crippen molar-refractivity contribution in [1.29, 1.82) is 5.26 Å². The molecular weight excluding hydrogens is 525 g/mol. The Morgan fingerprint density at radius 3 is 2.71 bits per heavy atom. The molecule has 10 heteroatoms. The van der Waals surface area contributed by atoms with Gasteiger partial charge in [0.05, 0.1) is 12.7 Å². The monoisotopic (exact) mass is 567 g/mol. The first-order chi connectivity index (χ1) is 19.6. The van der Waals surface area contributed by atoms with Crippen LogP contribution in [0.1, 0.15) is 58.4 Å². The predicted octanol–water partition coefficient (Wildman–Crippen LogP) is 3.46. The van der Waals surface area contributed by atoms with Gasteiger partial charge in [0.25, 0.3) is 0 Å². The number of benzene rings is 1. The summed E-state index contributed by atoms with van der Waals surface area (Å²) in [5.74, 6) is -0.111. The highest BCUT2D eigenvalue weighted by Crippen LogP contribution is 2.43. The Bertz CT molecular complexity index is 1210. The second-order valence-electron chi connectivity index (χ2n) is 13.5. The van der Waals surface area contributed by atoms with Crippen LogP contribution in [-0.4, -0.2) is 90.5 Å². The highest BCUT2D eigenvalue weighted by molar-refractivity contribution is 5.87. The molecule has 4 heterocycles. The van der Waals surface area contributed by atoms with Gasteiger partial charge in [-0.3, -0.25) is 14.6 Å². The van der Waals surface area contributed by atoms with E-state index in [2.05, 4.69) is 21.2 Å². The van der Waals surface area contributed by atoms with Crippen molar-refractivity contribution in [1.82, 2.24) is 15.1 Å². The molecular formula is C31H42FN5O4. The van der Waals surface area contributed by atoms with Crippen LogP contribution in [0.4, 0.5) is 14.9 Å². The van der Waals surface area contributed by atoms with Crippen molar-refractivity contribution in [2.75, 3.05) is 37.7 Å². The molecule has 6 rings (SSSR count). The molecule has 1 saturated carbocycles. The van der Waals surface area contributed by atoms with Crippen LogP contribution >= 0.6 is 0 Å². The number of hydrogen-bond acceptors (Lipinski definition) is 7. The van der Waals surface area contributed by atoms with Crippen molar-refractivity contribution in [3.8, 4) is 6.07 Å². The minimum Gasteiger partial charge on any atom is -0.444 e. The molecule has 1 aromatic carbocycles. The van der Waals surface area contributed by atoms with Crippen molar-refractivity contribution in [2.24, 2.45) is 11.8 Å². The third-order valence-corrected chi connectivity index (χ3v) is 9.72. The van der Waals surface area contributed by atoms with E-state index >= 15 is 4.39 Å². The fourth-order valence-electron chi connectivity index (χ4n) is 7.85. The quantitative estimate of drug-likeness (QED) is 0.562. The molecule has 7 atom stereocenters. The van der Waals surface area contributed by atoms with Crippen molar-refractivity contribution in [3.05, 3.63) is 29.6 Å². The number of hydrogen-bond donors (Lipinski definition) is 1. The molecule has 2 bridgehead atoms. The van der Waals surface area contributed by atoms with E-state index in [9.17, 15) is 14.9 Å². The summed E-state index contributed by atoms with van der Waals surface area (Å²) >= 11 is 0. The number of anilines is 1. The average Bonchev–Trinajstić information content (AvgIpc) is 3.73. The van der Waals surface area contributed by atoms with E-state index in [1.54, 1.807) is 37.8 Å². The summed E-state index contributed by atoms with van der Waals surface area (Å²) in [7, 11) is 0. The van der Waals surface area contributed by atoms with E-state index in [0.29, 0.717) is 23.6 Å². The Balaban J connectivity index is 1.08. The van der Waals surface area contributed by atoms with Crippen molar-refractivity contribution in [2.45, 2.75) is 95.1 Å². The van der Waals surface area contributed by atoms with Crippen LogP contribution in [0.25, 0.3) is 0 Å². The lowest BCUT2D eigenvalue weighted by atomic mass is 9.97. The number of carbonyl (C=O) groups is 2. The van der Waals surface area contributed by atoms with E-state index < -0.39 is 23.8 Å². The first-order valence-electron chi connectivity index (χ1n) is 15.2. The highest BCUT2D eigenvalue weighted by Gasteiger charge is 2.52. The molecule has 41 heavy (non-hydrogen) atoms. The molecule has 9 nitrogen and oxygen atoms in total. The molecule has 0 radical (unpaired) electrons. The second-order valence-corrected chi connectivity index (χ2v) is 13.5. The lowest BCUT2D eigenvalue weighted by Crippen LogP contribution is -2.55. The van der Waals surface area contributed by atoms with Gasteiger partial charge < -0.3 is 19.7 Å². The summed E-state index contributed by atoms with van der Waals surface area (Å²) in [6.45, 7) is 9.97. The van der Waals surface area contributed by atoms with Crippen LogP contribution in [0.5, 0.6) is 0 Å². The third-order valence-electron chi connectivity index (χ3n) is 9.72. The number of nitrogens with one attached hydrogen (secondary N) is 1. The predicted molar refractivity (Wildman–Crippen MR) is 151 cm³/mol. The van der Waals surface area contributed by atoms with E-state index in [0.717, 1.165) is 70.6 Å². The number of carbonyl (C=O) groups excluding carboxylic acids is 2. The van der Waals surface area contributed by atoms with Crippen LogP contribution in [0.15, 0.2) is 18.2 Å². The zero-order chi connectivity index (χ0) is 28.9. The number of nitriles is 1. The molecule has 222 valence electrons. The molecule has 3 unspecified atom stereocenters. The first kappa shape index (κ1) is 28.2. The van der Waals surface area contributed by atoms with Gasteiger partial charge in [-0.15, -0.1) is 0 Å². The number of rotatable bonds is 6. The van der Waals surface area contributed by atoms with Gasteiger partial charge in [-0.05, 0) is 89.0 Å². The summed E-state index contributed by atoms with van der Waals surface area (Å²) in [5, 5.41) is 12.7. The number of ether oxygens (including phenoxy) is 2. The lowest BCUT2D eigenvalue weighted by molar-refractivity contribution is -0.128. The molecule has 2 amide bonds. The van der Waals surface area contributed by atoms with Gasteiger partial charge in [-0.1, -0.05) is 6.07 Å². The van der Waals surface area contributed by atoms with E-state index in [-0.39, 0.29) is 30.1 Å². The number of likely N-dealkylation sites (tertiary alicyclic amines) is 2. The maximum absolute atomic E-state index is 15.4. The van der Waals surface area contributed by atoms with Crippen LogP contribution in [0.2, 0.25) is 0 Å². The number of piperidine rings is 1. The van der Waals surface area contributed by atoms with E-state index in [1.807, 2.05) is 6.07 Å². The summed E-state index contributed by atoms with van der Waals surface area (Å²) in [6.07, 6.45) is 4.28. The van der Waals surface area contributed by atoms with Gasteiger partial charge in [0.2, 0.25) is 5.91 Å². The fourth-order valence-corrected chi connectivity index (χ4v) is 7.85. The normalized spacial score (nSPS) is 31.8. The third kappa shape index (κ3) is 5.63. The lowest BCUT2D eigenvalue weighted by Gasteiger charge is -2.35. The highest BCUT2D eigenvalue weighted by atomic mass is 19.1. The van der Waals surface area contributed by atoms with Crippen molar-refractivity contribution in [3.63, 3.8) is 0 Å². The largest absolute Gasteiger partial charge is 0.444 e. The minimum atomic E-state index is -0.907. The standard InChI is InChI=1S/C31H42FN5O4/c1-31(2,3)41-30(39)37-24-7-5-20(13-24)28(37)29(38)34-22(15-33)12-19-4-6-23(14-26(19)32)35-16-21-8-10-36(27(21)17-35)25-9-11-40-18-25/h4,6,14,20-22,24-25,27-28H,5,7-13,16-18H2,1-3H3,(H,34,38)/t20-,21?,22-,24+,25?,27?,28-/m0/s1. The van der Waals surface area contributed by atoms with Gasteiger partial charge in [0.15, 0.2) is 0 Å². The molecule has 1 aromatic rings. The minimum absolute atomic E-state index is 0.0279. The number of fused-ring (bicyclic) bond motifs is 3. The second kappa shape index (κ2) is 11.1. The number of halogens is 1. The molecule has 0 aromatic heterocycles. The summed E-state index contributed by atoms with van der Waals surface area (Å²) in [6, 6.07) is 6.73. The summed E-state index contributed by atoms with van der Waals surface area (Å²) in [5.41, 5.74) is 0.578. The van der Waals surface area contributed by atoms with Crippen LogP contribution in [0.3, 0.4) is 0 Å². The molecule has 5 aliphatic rings. The Labute approximate surface area is 241 Å². The molecule has 5 fully saturated rings. The van der Waals surface area contributed by atoms with E-state index in [4.69, 9.17) is 9.47 Å². The molecule has 0 spiro atoms. The zero-order valence-electron chi connectivity index (χ0n) is 24.4. The Morgan fingerprint density at radius 1 is 1.17 bits per heavy atom. The topological polar surface area (TPSA) is 98.1 Å². The molecule has 4 aliphatic heterocycles. The Kier molecular flexibility index (Phi) is 7.62. The summed E-state index contributed by atoms with van der Waals surface area (Å²) < 4.78 is 26.6. The molecule has 1 N–H and O–H groups in total. The smallest absolute Gasteiger partial charge is 0.411 e. The zero-order valence-corrected chi connectivity index (χ0v) is 24.4. The number of nitrogens with zero attached hydrogens (tertiary/aromatic N) is 4. The Morgan fingerprint density at radius 2 is 2.00 bits per heavy atom. The van der Waals surface area contributed by atoms with Gasteiger partial charge in [0.1, 0.15) is 23.5 Å². The van der Waals surface area contributed by atoms with Gasteiger partial charge >= 0.3 is 6.09 Å². The van der Waals surface area contributed by atoms with Crippen LogP contribution in [-0.2, 0) is 20.7 Å². The van der Waals surface area contributed by atoms with Crippen LogP contribution < -0.4 is 10.2 Å². The fraction of sp³-hybridized carbons (Fsp3) is 0.710. The van der Waals surface area contributed by atoms with Gasteiger partial charge in [-0.2, -0.15) is 5.26 Å². The Hall–Kier alpha value is -2.90.